The fourth-order valence-electron chi connectivity index (χ4n) is 2.66. The Labute approximate surface area is 130 Å². The van der Waals surface area contributed by atoms with E-state index in [1.165, 1.54) is 22.3 Å². The Balaban J connectivity index is 2.06. The predicted octanol–water partition coefficient (Wildman–Crippen LogP) is 5.61. The molecule has 106 valence electrons. The van der Waals surface area contributed by atoms with Crippen LogP contribution < -0.4 is 4.74 Å². The highest BCUT2D eigenvalue weighted by atomic mass is 35.5. The number of ether oxygens (including phenoxy) is 1. The molecule has 0 saturated heterocycles. The summed E-state index contributed by atoms with van der Waals surface area (Å²) in [7, 11) is 1.69. The fourth-order valence-corrected chi connectivity index (χ4v) is 2.78. The minimum atomic E-state index is 0.769. The van der Waals surface area contributed by atoms with Crippen LogP contribution >= 0.6 is 11.6 Å². The largest absolute Gasteiger partial charge is 0.497 e. The van der Waals surface area contributed by atoms with Crippen molar-refractivity contribution in [3.05, 3.63) is 76.8 Å². The Morgan fingerprint density at radius 3 is 2.24 bits per heavy atom. The molecular weight excluding hydrogens is 280 g/mol. The second-order valence-corrected chi connectivity index (χ2v) is 5.51. The van der Waals surface area contributed by atoms with Gasteiger partial charge in [-0.25, -0.2) is 0 Å². The van der Waals surface area contributed by atoms with Crippen LogP contribution in [0.2, 0.25) is 5.02 Å². The maximum atomic E-state index is 5.99. The molecule has 0 aromatic heterocycles. The monoisotopic (exact) mass is 296 g/mol. The molecule has 1 aliphatic carbocycles. The van der Waals surface area contributed by atoms with Gasteiger partial charge in [0.25, 0.3) is 0 Å². The number of rotatable bonds is 3. The number of hydrogen-bond donors (Lipinski definition) is 0. The molecule has 0 aliphatic heterocycles. The van der Waals surface area contributed by atoms with Crippen molar-refractivity contribution in [3.63, 3.8) is 0 Å². The van der Waals surface area contributed by atoms with Gasteiger partial charge in [0.1, 0.15) is 5.75 Å². The van der Waals surface area contributed by atoms with Crippen molar-refractivity contribution in [3.8, 4) is 5.75 Å². The lowest BCUT2D eigenvalue weighted by molar-refractivity contribution is 0.415. The second-order valence-electron chi connectivity index (χ2n) is 5.07. The van der Waals surface area contributed by atoms with E-state index in [2.05, 4.69) is 36.4 Å². The van der Waals surface area contributed by atoms with E-state index in [0.29, 0.717) is 0 Å². The third-order valence-corrected chi connectivity index (χ3v) is 4.02. The second kappa shape index (κ2) is 6.19. The topological polar surface area (TPSA) is 9.23 Å². The van der Waals surface area contributed by atoms with E-state index in [0.717, 1.165) is 23.6 Å². The van der Waals surface area contributed by atoms with E-state index in [9.17, 15) is 0 Å². The molecule has 1 aliphatic rings. The van der Waals surface area contributed by atoms with Gasteiger partial charge in [-0.3, -0.25) is 0 Å². The highest BCUT2D eigenvalue weighted by Crippen LogP contribution is 2.35. The number of allylic oxidation sites excluding steroid dienone is 4. The zero-order valence-electron chi connectivity index (χ0n) is 12.0. The summed E-state index contributed by atoms with van der Waals surface area (Å²) in [5.41, 5.74) is 5.12. The van der Waals surface area contributed by atoms with E-state index < -0.39 is 0 Å². The summed E-state index contributed by atoms with van der Waals surface area (Å²) >= 11 is 5.99. The molecule has 2 aromatic rings. The summed E-state index contributed by atoms with van der Waals surface area (Å²) in [6, 6.07) is 16.3. The van der Waals surface area contributed by atoms with Gasteiger partial charge in [-0.05, 0) is 59.4 Å². The molecule has 2 aromatic carbocycles. The maximum Gasteiger partial charge on any atom is 0.118 e. The van der Waals surface area contributed by atoms with Crippen molar-refractivity contribution in [1.29, 1.82) is 0 Å². The summed E-state index contributed by atoms with van der Waals surface area (Å²) in [6.45, 7) is 0. The van der Waals surface area contributed by atoms with Crippen molar-refractivity contribution in [2.24, 2.45) is 0 Å². The third kappa shape index (κ3) is 3.03. The molecule has 3 rings (SSSR count). The van der Waals surface area contributed by atoms with Crippen molar-refractivity contribution in [1.82, 2.24) is 0 Å². The smallest absolute Gasteiger partial charge is 0.118 e. The molecule has 0 amide bonds. The van der Waals surface area contributed by atoms with Gasteiger partial charge in [0.15, 0.2) is 0 Å². The third-order valence-electron chi connectivity index (χ3n) is 3.76. The Kier molecular flexibility index (Phi) is 4.12. The number of hydrogen-bond acceptors (Lipinski definition) is 1. The lowest BCUT2D eigenvalue weighted by Crippen LogP contribution is -1.95. The Morgan fingerprint density at radius 1 is 0.905 bits per heavy atom. The standard InChI is InChI=1S/C19H17ClO/c1-21-17-12-8-15(9-13-17)19-5-3-2-4-18(19)14-6-10-16(20)11-7-14/h2,4,6-13H,3,5H2,1H3. The predicted molar refractivity (Wildman–Crippen MR) is 89.6 cm³/mol. The van der Waals surface area contributed by atoms with Gasteiger partial charge in [-0.1, -0.05) is 48.0 Å². The number of methoxy groups -OCH3 is 1. The Hall–Kier alpha value is -1.99. The molecule has 0 heterocycles. The van der Waals surface area contributed by atoms with Crippen LogP contribution in [0.4, 0.5) is 0 Å². The van der Waals surface area contributed by atoms with E-state index in [1.54, 1.807) is 7.11 Å². The average molecular weight is 297 g/mol. The summed E-state index contributed by atoms with van der Waals surface area (Å²) in [4.78, 5) is 0. The summed E-state index contributed by atoms with van der Waals surface area (Å²) < 4.78 is 5.24. The molecule has 0 atom stereocenters. The van der Waals surface area contributed by atoms with Gasteiger partial charge in [0, 0.05) is 5.02 Å². The van der Waals surface area contributed by atoms with Gasteiger partial charge in [-0.15, -0.1) is 0 Å². The number of benzene rings is 2. The van der Waals surface area contributed by atoms with Crippen LogP contribution in [-0.4, -0.2) is 7.11 Å². The molecule has 0 radical (unpaired) electrons. The highest BCUT2D eigenvalue weighted by Gasteiger charge is 2.12. The van der Waals surface area contributed by atoms with Crippen LogP contribution in [0.15, 0.2) is 60.7 Å². The molecule has 0 fully saturated rings. The highest BCUT2D eigenvalue weighted by molar-refractivity contribution is 6.30. The lowest BCUT2D eigenvalue weighted by Gasteiger charge is -2.17. The minimum Gasteiger partial charge on any atom is -0.497 e. The van der Waals surface area contributed by atoms with E-state index in [4.69, 9.17) is 16.3 Å². The van der Waals surface area contributed by atoms with Crippen molar-refractivity contribution in [2.75, 3.05) is 7.11 Å². The van der Waals surface area contributed by atoms with Gasteiger partial charge >= 0.3 is 0 Å². The zero-order valence-corrected chi connectivity index (χ0v) is 12.7. The molecule has 0 N–H and O–H groups in total. The van der Waals surface area contributed by atoms with Crippen LogP contribution in [0.3, 0.4) is 0 Å². The van der Waals surface area contributed by atoms with E-state index in [-0.39, 0.29) is 0 Å². The summed E-state index contributed by atoms with van der Waals surface area (Å²) in [5.74, 6) is 0.888. The van der Waals surface area contributed by atoms with Gasteiger partial charge in [0.05, 0.1) is 7.11 Å². The average Bonchev–Trinajstić information content (AvgIpc) is 2.56. The first-order chi connectivity index (χ1) is 10.3. The van der Waals surface area contributed by atoms with E-state index >= 15 is 0 Å². The molecule has 21 heavy (non-hydrogen) atoms. The first-order valence-corrected chi connectivity index (χ1v) is 7.46. The van der Waals surface area contributed by atoms with Crippen molar-refractivity contribution in [2.45, 2.75) is 12.8 Å². The van der Waals surface area contributed by atoms with Crippen LogP contribution in [-0.2, 0) is 0 Å². The molecule has 0 saturated carbocycles. The fraction of sp³-hybridized carbons (Fsp3) is 0.158. The lowest BCUT2D eigenvalue weighted by atomic mass is 9.88. The molecular formula is C19H17ClO. The van der Waals surface area contributed by atoms with Gasteiger partial charge in [0.2, 0.25) is 0 Å². The van der Waals surface area contributed by atoms with Crippen LogP contribution in [0.25, 0.3) is 11.1 Å². The first-order valence-electron chi connectivity index (χ1n) is 7.08. The van der Waals surface area contributed by atoms with Gasteiger partial charge in [-0.2, -0.15) is 0 Å². The van der Waals surface area contributed by atoms with Gasteiger partial charge < -0.3 is 4.74 Å². The maximum absolute atomic E-state index is 5.99. The van der Waals surface area contributed by atoms with Crippen LogP contribution in [0.5, 0.6) is 5.75 Å². The molecule has 0 bridgehead atoms. The minimum absolute atomic E-state index is 0.769. The zero-order chi connectivity index (χ0) is 14.7. The number of halogens is 1. The van der Waals surface area contributed by atoms with Crippen molar-refractivity contribution >= 4 is 22.7 Å². The summed E-state index contributed by atoms with van der Waals surface area (Å²) in [5, 5.41) is 0.769. The quantitative estimate of drug-likeness (QED) is 0.715. The SMILES string of the molecule is COc1ccc(C2=C(c3ccc(Cl)cc3)C=CCC2)cc1. The molecule has 0 unspecified atom stereocenters. The van der Waals surface area contributed by atoms with Crippen LogP contribution in [0, 0.1) is 0 Å². The molecule has 0 spiro atoms. The Bertz CT molecular complexity index is 679. The molecule has 2 heteroatoms. The molecule has 1 nitrogen and oxygen atoms in total. The Morgan fingerprint density at radius 2 is 1.57 bits per heavy atom. The van der Waals surface area contributed by atoms with Crippen molar-refractivity contribution < 1.29 is 4.74 Å². The normalized spacial score (nSPS) is 14.4. The summed E-state index contributed by atoms with van der Waals surface area (Å²) in [6.07, 6.45) is 6.59. The van der Waals surface area contributed by atoms with E-state index in [1.807, 2.05) is 24.3 Å². The first kappa shape index (κ1) is 14.0. The van der Waals surface area contributed by atoms with Crippen LogP contribution in [0.1, 0.15) is 24.0 Å².